The van der Waals surface area contributed by atoms with E-state index in [2.05, 4.69) is 31.1 Å². The number of rotatable bonds is 7. The second kappa shape index (κ2) is 7.55. The first-order valence-corrected chi connectivity index (χ1v) is 7.01. The van der Waals surface area contributed by atoms with Gasteiger partial charge in [0.05, 0.1) is 12.6 Å². The van der Waals surface area contributed by atoms with Crippen molar-refractivity contribution in [1.82, 2.24) is 5.32 Å². The maximum Gasteiger partial charge on any atom is 0.320 e. The van der Waals surface area contributed by atoms with Crippen LogP contribution in [0.3, 0.4) is 0 Å². The Balaban J connectivity index is 2.49. The van der Waals surface area contributed by atoms with Crippen molar-refractivity contribution in [1.29, 1.82) is 0 Å². The van der Waals surface area contributed by atoms with Crippen molar-refractivity contribution >= 4 is 12.2 Å². The Morgan fingerprint density at radius 2 is 2.30 bits per heavy atom. The summed E-state index contributed by atoms with van der Waals surface area (Å²) in [6.07, 6.45) is 5.25. The molecule has 2 atom stereocenters. The minimum atomic E-state index is -0.800. The van der Waals surface area contributed by atoms with E-state index < -0.39 is 12.0 Å². The number of ether oxygens (including phenoxy) is 1. The summed E-state index contributed by atoms with van der Waals surface area (Å²) < 4.78 is 5.23. The Kier molecular flexibility index (Phi) is 6.36. The number of hydrogen-bond donors (Lipinski definition) is 2. The van der Waals surface area contributed by atoms with Crippen LogP contribution in [-0.2, 0) is 9.53 Å². The summed E-state index contributed by atoms with van der Waals surface area (Å²) in [5, 5.41) is 12.3. The van der Waals surface area contributed by atoms with Crippen LogP contribution in [-0.4, -0.2) is 49.6 Å². The topological polar surface area (TPSA) is 70.9 Å². The number of hydrogen-bond acceptors (Lipinski definition) is 4. The van der Waals surface area contributed by atoms with Crippen LogP contribution in [0, 0.1) is 5.41 Å². The molecule has 1 unspecified atom stereocenters. The molecule has 0 spiro atoms. The number of carbonyl (C=O) groups is 1. The molecule has 1 heterocycles. The number of aliphatic carboxylic acids is 1. The molecular formula is C15H26N2O3. The molecule has 1 aliphatic heterocycles. The summed E-state index contributed by atoms with van der Waals surface area (Å²) in [5.41, 5.74) is 1.12. The Hall–Kier alpha value is -1.20. The Morgan fingerprint density at radius 1 is 1.60 bits per heavy atom. The molecule has 0 fully saturated rings. The molecule has 2 N–H and O–H groups in total. The first-order chi connectivity index (χ1) is 9.31. The average Bonchev–Trinajstić information content (AvgIpc) is 2.37. The normalized spacial score (nSPS) is 20.6. The molecule has 0 aromatic rings. The largest absolute Gasteiger partial charge is 0.480 e. The van der Waals surface area contributed by atoms with Gasteiger partial charge in [-0.2, -0.15) is 0 Å². The molecule has 5 nitrogen and oxygen atoms in total. The molecule has 0 amide bonds. The van der Waals surface area contributed by atoms with Gasteiger partial charge in [-0.15, -0.1) is 0 Å². The summed E-state index contributed by atoms with van der Waals surface area (Å²) in [6.45, 7) is 7.49. The molecule has 5 heteroatoms. The lowest BCUT2D eigenvalue weighted by Gasteiger charge is -2.22. The van der Waals surface area contributed by atoms with E-state index >= 15 is 0 Å². The summed E-state index contributed by atoms with van der Waals surface area (Å²) in [6, 6.07) is -0.522. The van der Waals surface area contributed by atoms with E-state index in [1.54, 1.807) is 13.3 Å². The SMILES string of the molecule is COC1C=C(CN[C@@H](CCC(C)(C)C)C(=O)O)C=NC1. The molecule has 114 valence electrons. The lowest BCUT2D eigenvalue weighted by molar-refractivity contribution is -0.139. The van der Waals surface area contributed by atoms with E-state index in [1.807, 2.05) is 6.08 Å². The number of nitrogens with zero attached hydrogens (tertiary/aromatic N) is 1. The molecule has 1 rings (SSSR count). The molecule has 1 aliphatic rings. The van der Waals surface area contributed by atoms with E-state index in [4.69, 9.17) is 4.74 Å². The highest BCUT2D eigenvalue weighted by atomic mass is 16.5. The van der Waals surface area contributed by atoms with Crippen molar-refractivity contribution in [2.45, 2.75) is 45.8 Å². The number of carboxylic acids is 1. The van der Waals surface area contributed by atoms with Gasteiger partial charge in [0.2, 0.25) is 0 Å². The van der Waals surface area contributed by atoms with E-state index in [-0.39, 0.29) is 11.5 Å². The zero-order valence-electron chi connectivity index (χ0n) is 12.8. The van der Waals surface area contributed by atoms with Crippen LogP contribution in [0.1, 0.15) is 33.6 Å². The van der Waals surface area contributed by atoms with Crippen molar-refractivity contribution in [3.05, 3.63) is 11.6 Å². The fourth-order valence-corrected chi connectivity index (χ4v) is 1.99. The lowest BCUT2D eigenvalue weighted by atomic mass is 9.88. The Labute approximate surface area is 121 Å². The minimum Gasteiger partial charge on any atom is -0.480 e. The van der Waals surface area contributed by atoms with Crippen molar-refractivity contribution in [3.8, 4) is 0 Å². The van der Waals surface area contributed by atoms with Crippen LogP contribution in [0.2, 0.25) is 0 Å². The summed E-state index contributed by atoms with van der Waals surface area (Å²) >= 11 is 0. The molecule has 0 saturated heterocycles. The standard InChI is InChI=1S/C15H26N2O3/c1-15(2,3)6-5-13(14(18)19)17-9-11-7-12(20-4)10-16-8-11/h7-8,12-13,17H,5-6,9-10H2,1-4H3,(H,18,19)/t12?,13-/m0/s1. The average molecular weight is 282 g/mol. The van der Waals surface area contributed by atoms with Gasteiger partial charge in [0.1, 0.15) is 6.04 Å². The van der Waals surface area contributed by atoms with E-state index in [0.717, 1.165) is 12.0 Å². The molecule has 0 aliphatic carbocycles. The van der Waals surface area contributed by atoms with Gasteiger partial charge in [0.15, 0.2) is 0 Å². The number of carboxylic acid groups (broad SMARTS) is 1. The second-order valence-electron chi connectivity index (χ2n) is 6.38. The van der Waals surface area contributed by atoms with Crippen LogP contribution >= 0.6 is 0 Å². The lowest BCUT2D eigenvalue weighted by Crippen LogP contribution is -2.39. The zero-order chi connectivity index (χ0) is 15.2. The maximum absolute atomic E-state index is 11.3. The first kappa shape index (κ1) is 16.9. The van der Waals surface area contributed by atoms with Crippen molar-refractivity contribution < 1.29 is 14.6 Å². The highest BCUT2D eigenvalue weighted by Crippen LogP contribution is 2.21. The zero-order valence-corrected chi connectivity index (χ0v) is 12.8. The van der Waals surface area contributed by atoms with Crippen LogP contribution in [0.4, 0.5) is 0 Å². The molecule has 0 aromatic heterocycles. The van der Waals surface area contributed by atoms with Crippen LogP contribution in [0.25, 0.3) is 0 Å². The van der Waals surface area contributed by atoms with Crippen molar-refractivity contribution in [3.63, 3.8) is 0 Å². The number of dihydropyridines is 1. The van der Waals surface area contributed by atoms with Gasteiger partial charge < -0.3 is 15.2 Å². The van der Waals surface area contributed by atoms with Gasteiger partial charge in [-0.1, -0.05) is 20.8 Å². The summed E-state index contributed by atoms with van der Waals surface area (Å²) in [7, 11) is 1.65. The van der Waals surface area contributed by atoms with Gasteiger partial charge in [-0.25, -0.2) is 0 Å². The van der Waals surface area contributed by atoms with E-state index in [0.29, 0.717) is 19.5 Å². The molecule has 20 heavy (non-hydrogen) atoms. The molecule has 0 bridgehead atoms. The molecule has 0 saturated carbocycles. The maximum atomic E-state index is 11.3. The van der Waals surface area contributed by atoms with Gasteiger partial charge in [-0.05, 0) is 29.9 Å². The van der Waals surface area contributed by atoms with Crippen LogP contribution < -0.4 is 5.32 Å². The van der Waals surface area contributed by atoms with Gasteiger partial charge in [0.25, 0.3) is 0 Å². The molecule has 0 radical (unpaired) electrons. The van der Waals surface area contributed by atoms with Crippen LogP contribution in [0.5, 0.6) is 0 Å². The van der Waals surface area contributed by atoms with Gasteiger partial charge >= 0.3 is 5.97 Å². The monoisotopic (exact) mass is 282 g/mol. The van der Waals surface area contributed by atoms with Gasteiger partial charge in [-0.3, -0.25) is 9.79 Å². The number of aliphatic imine (C=N–C) groups is 1. The summed E-state index contributed by atoms with van der Waals surface area (Å²) in [5.74, 6) is -0.800. The number of methoxy groups -OCH3 is 1. The second-order valence-corrected chi connectivity index (χ2v) is 6.38. The fourth-order valence-electron chi connectivity index (χ4n) is 1.99. The molecule has 0 aromatic carbocycles. The fraction of sp³-hybridized carbons (Fsp3) is 0.733. The third-order valence-electron chi connectivity index (χ3n) is 3.28. The number of nitrogens with one attached hydrogen (secondary N) is 1. The van der Waals surface area contributed by atoms with E-state index in [1.165, 1.54) is 0 Å². The van der Waals surface area contributed by atoms with Crippen molar-refractivity contribution in [2.75, 3.05) is 20.2 Å². The third kappa shape index (κ3) is 6.30. The van der Waals surface area contributed by atoms with Crippen LogP contribution in [0.15, 0.2) is 16.6 Å². The smallest absolute Gasteiger partial charge is 0.320 e. The predicted molar refractivity (Wildman–Crippen MR) is 80.4 cm³/mol. The molecular weight excluding hydrogens is 256 g/mol. The predicted octanol–water partition coefficient (Wildman–Crippen LogP) is 1.88. The highest BCUT2D eigenvalue weighted by Gasteiger charge is 2.21. The Bertz CT molecular complexity index is 383. The Morgan fingerprint density at radius 3 is 2.85 bits per heavy atom. The van der Waals surface area contributed by atoms with E-state index in [9.17, 15) is 9.90 Å². The minimum absolute atomic E-state index is 0.00495. The quantitative estimate of drug-likeness (QED) is 0.748. The first-order valence-electron chi connectivity index (χ1n) is 7.01. The summed E-state index contributed by atoms with van der Waals surface area (Å²) in [4.78, 5) is 15.5. The van der Waals surface area contributed by atoms with Crippen molar-refractivity contribution in [2.24, 2.45) is 10.4 Å². The third-order valence-corrected chi connectivity index (χ3v) is 3.28. The van der Waals surface area contributed by atoms with Gasteiger partial charge in [0, 0.05) is 19.9 Å². The highest BCUT2D eigenvalue weighted by molar-refractivity contribution is 5.80.